The van der Waals surface area contributed by atoms with Crippen molar-refractivity contribution < 1.29 is 23.9 Å². The van der Waals surface area contributed by atoms with E-state index in [1.807, 2.05) is 27.7 Å². The highest BCUT2D eigenvalue weighted by molar-refractivity contribution is 6.04. The maximum atomic E-state index is 12.9. The molecule has 0 fully saturated rings. The Morgan fingerprint density at radius 3 is 2.48 bits per heavy atom. The molecule has 1 heterocycles. The largest absolute Gasteiger partial charge is 0.499 e. The van der Waals surface area contributed by atoms with Crippen LogP contribution in [0.3, 0.4) is 0 Å². The highest BCUT2D eigenvalue weighted by atomic mass is 16.6. The first-order valence-corrected chi connectivity index (χ1v) is 10.7. The zero-order valence-electron chi connectivity index (χ0n) is 18.9. The number of imide groups is 1. The summed E-state index contributed by atoms with van der Waals surface area (Å²) in [6.45, 7) is 9.94. The van der Waals surface area contributed by atoms with Crippen molar-refractivity contribution in [3.05, 3.63) is 11.8 Å². The summed E-state index contributed by atoms with van der Waals surface area (Å²) in [4.78, 5) is 38.3. The van der Waals surface area contributed by atoms with Gasteiger partial charge in [-0.1, -0.05) is 33.1 Å². The van der Waals surface area contributed by atoms with Crippen molar-refractivity contribution in [1.29, 1.82) is 0 Å². The average Bonchev–Trinajstić information content (AvgIpc) is 2.94. The molecule has 0 saturated carbocycles. The van der Waals surface area contributed by atoms with Crippen molar-refractivity contribution in [2.45, 2.75) is 91.2 Å². The number of methoxy groups -OCH3 is 1. The van der Waals surface area contributed by atoms with Gasteiger partial charge in [-0.25, -0.2) is 4.79 Å². The number of rotatable bonds is 11. The molecule has 166 valence electrons. The lowest BCUT2D eigenvalue weighted by Gasteiger charge is -2.27. The molecule has 0 unspecified atom stereocenters. The molecule has 3 amide bonds. The van der Waals surface area contributed by atoms with Crippen molar-refractivity contribution in [2.75, 3.05) is 13.7 Å². The number of hydrogen-bond acceptors (Lipinski definition) is 5. The molecule has 29 heavy (non-hydrogen) atoms. The topological polar surface area (TPSA) is 84.9 Å². The molecule has 0 aromatic rings. The second-order valence-corrected chi connectivity index (χ2v) is 8.63. The lowest BCUT2D eigenvalue weighted by molar-refractivity contribution is -0.146. The highest BCUT2D eigenvalue weighted by Gasteiger charge is 2.39. The van der Waals surface area contributed by atoms with Crippen LogP contribution >= 0.6 is 0 Å². The van der Waals surface area contributed by atoms with E-state index in [0.717, 1.165) is 38.5 Å². The van der Waals surface area contributed by atoms with Crippen LogP contribution in [0.2, 0.25) is 0 Å². The molecule has 1 aliphatic rings. The van der Waals surface area contributed by atoms with E-state index in [1.165, 1.54) is 18.1 Å². The molecule has 0 aromatic heterocycles. The molecule has 0 radical (unpaired) electrons. The smallest absolute Gasteiger partial charge is 0.407 e. The number of alkyl carbamates (subject to hydrolysis) is 1. The third kappa shape index (κ3) is 8.46. The Morgan fingerprint density at radius 1 is 1.21 bits per heavy atom. The third-order valence-corrected chi connectivity index (χ3v) is 4.85. The molecule has 0 bridgehead atoms. The average molecular weight is 411 g/mol. The molecule has 0 spiro atoms. The minimum atomic E-state index is -0.527. The summed E-state index contributed by atoms with van der Waals surface area (Å²) in [7, 11) is 1.52. The Labute approximate surface area is 175 Å². The quantitative estimate of drug-likeness (QED) is 0.517. The number of hydrogen-bond donors (Lipinski definition) is 1. The zero-order chi connectivity index (χ0) is 22.0. The molecule has 0 aromatic carbocycles. The maximum absolute atomic E-state index is 12.9. The van der Waals surface area contributed by atoms with Gasteiger partial charge in [0.15, 0.2) is 0 Å². The second-order valence-electron chi connectivity index (χ2n) is 8.63. The monoisotopic (exact) mass is 410 g/mol. The number of nitrogens with zero attached hydrogens (tertiary/aromatic N) is 1. The number of ether oxygens (including phenoxy) is 2. The van der Waals surface area contributed by atoms with Crippen LogP contribution in [0.4, 0.5) is 4.79 Å². The molecular formula is C22H38N2O5. The Bertz CT molecular complexity index is 595. The van der Waals surface area contributed by atoms with Gasteiger partial charge in [0, 0.05) is 18.5 Å². The number of unbranched alkanes of at least 4 members (excludes halogenated alkanes) is 3. The van der Waals surface area contributed by atoms with Gasteiger partial charge in [0.25, 0.3) is 5.91 Å². The molecule has 0 saturated heterocycles. The van der Waals surface area contributed by atoms with Crippen LogP contribution in [-0.2, 0) is 19.1 Å². The first-order valence-electron chi connectivity index (χ1n) is 10.7. The molecule has 1 N–H and O–H groups in total. The number of amides is 3. The van der Waals surface area contributed by atoms with Crippen molar-refractivity contribution in [3.8, 4) is 0 Å². The first kappa shape index (κ1) is 25.0. The van der Waals surface area contributed by atoms with Crippen LogP contribution in [0.15, 0.2) is 11.8 Å². The summed E-state index contributed by atoms with van der Waals surface area (Å²) in [5.41, 5.74) is -0.527. The Kier molecular flexibility index (Phi) is 10.2. The summed E-state index contributed by atoms with van der Waals surface area (Å²) in [5.74, 6) is -0.0898. The minimum absolute atomic E-state index is 0.133. The fourth-order valence-corrected chi connectivity index (χ4v) is 3.33. The van der Waals surface area contributed by atoms with Crippen molar-refractivity contribution in [2.24, 2.45) is 5.92 Å². The standard InChI is InChI=1S/C22H38N2O5/c1-7-8-9-12-16(2)20(26)24-17(18(28-6)15-19(24)25)13-10-11-14-23-21(27)29-22(3,4)5/h15-17H,7-14H2,1-6H3,(H,23,27)/t16-,17+/m1/s1. The molecule has 2 atom stereocenters. The molecule has 7 nitrogen and oxygen atoms in total. The summed E-state index contributed by atoms with van der Waals surface area (Å²) in [6.07, 6.45) is 6.98. The lowest BCUT2D eigenvalue weighted by Crippen LogP contribution is -2.43. The van der Waals surface area contributed by atoms with E-state index in [-0.39, 0.29) is 23.8 Å². The third-order valence-electron chi connectivity index (χ3n) is 4.85. The van der Waals surface area contributed by atoms with Gasteiger partial charge in [0.05, 0.1) is 13.2 Å². The summed E-state index contributed by atoms with van der Waals surface area (Å²) in [5, 5.41) is 2.72. The van der Waals surface area contributed by atoms with Crippen molar-refractivity contribution >= 4 is 17.9 Å². The van der Waals surface area contributed by atoms with Gasteiger partial charge in [0.1, 0.15) is 11.4 Å². The van der Waals surface area contributed by atoms with E-state index in [1.54, 1.807) is 0 Å². The van der Waals surface area contributed by atoms with E-state index in [2.05, 4.69) is 12.2 Å². The second kappa shape index (κ2) is 11.8. The van der Waals surface area contributed by atoms with Gasteiger partial charge in [-0.15, -0.1) is 0 Å². The van der Waals surface area contributed by atoms with E-state index in [0.29, 0.717) is 18.7 Å². The van der Waals surface area contributed by atoms with Gasteiger partial charge in [-0.05, 0) is 46.5 Å². The van der Waals surface area contributed by atoms with E-state index < -0.39 is 11.7 Å². The maximum Gasteiger partial charge on any atom is 0.407 e. The SMILES string of the molecule is CCCCC[C@@H](C)C(=O)N1C(=O)C=C(OC)[C@@H]1CCCCNC(=O)OC(C)(C)C. The van der Waals surface area contributed by atoms with Gasteiger partial charge in [-0.2, -0.15) is 0 Å². The number of carbonyl (C=O) groups is 3. The Morgan fingerprint density at radius 2 is 1.90 bits per heavy atom. The number of carbonyl (C=O) groups excluding carboxylic acids is 3. The van der Waals surface area contributed by atoms with Crippen molar-refractivity contribution in [3.63, 3.8) is 0 Å². The predicted molar refractivity (Wildman–Crippen MR) is 112 cm³/mol. The Balaban J connectivity index is 2.55. The predicted octanol–water partition coefficient (Wildman–Crippen LogP) is 4.17. The van der Waals surface area contributed by atoms with E-state index in [9.17, 15) is 14.4 Å². The van der Waals surface area contributed by atoms with Crippen LogP contribution in [0.5, 0.6) is 0 Å². The fourth-order valence-electron chi connectivity index (χ4n) is 3.33. The van der Waals surface area contributed by atoms with Gasteiger partial charge < -0.3 is 14.8 Å². The summed E-state index contributed by atoms with van der Waals surface area (Å²) in [6, 6.07) is -0.366. The first-order chi connectivity index (χ1) is 13.6. The normalized spacial score (nSPS) is 17.7. The molecule has 7 heteroatoms. The van der Waals surface area contributed by atoms with Gasteiger partial charge >= 0.3 is 6.09 Å². The van der Waals surface area contributed by atoms with E-state index in [4.69, 9.17) is 9.47 Å². The molecular weight excluding hydrogens is 372 g/mol. The minimum Gasteiger partial charge on any atom is -0.499 e. The van der Waals surface area contributed by atoms with E-state index >= 15 is 0 Å². The van der Waals surface area contributed by atoms with Crippen LogP contribution in [0, 0.1) is 5.92 Å². The number of nitrogens with one attached hydrogen (secondary N) is 1. The molecule has 1 aliphatic heterocycles. The van der Waals surface area contributed by atoms with Crippen LogP contribution in [0.25, 0.3) is 0 Å². The zero-order valence-corrected chi connectivity index (χ0v) is 18.9. The van der Waals surface area contributed by atoms with Crippen LogP contribution in [-0.4, -0.2) is 48.1 Å². The van der Waals surface area contributed by atoms with Crippen molar-refractivity contribution in [1.82, 2.24) is 10.2 Å². The molecule has 0 aliphatic carbocycles. The summed E-state index contributed by atoms with van der Waals surface area (Å²) < 4.78 is 10.6. The van der Waals surface area contributed by atoms with Gasteiger partial charge in [-0.3, -0.25) is 14.5 Å². The van der Waals surface area contributed by atoms with Crippen LogP contribution < -0.4 is 5.32 Å². The lowest BCUT2D eigenvalue weighted by atomic mass is 10.00. The van der Waals surface area contributed by atoms with Gasteiger partial charge in [0.2, 0.25) is 5.91 Å². The highest BCUT2D eigenvalue weighted by Crippen LogP contribution is 2.27. The summed E-state index contributed by atoms with van der Waals surface area (Å²) >= 11 is 0. The van der Waals surface area contributed by atoms with Crippen LogP contribution in [0.1, 0.15) is 79.6 Å². The Hall–Kier alpha value is -2.05. The molecule has 1 rings (SSSR count). The fraction of sp³-hybridized carbons (Fsp3) is 0.773.